The lowest BCUT2D eigenvalue weighted by molar-refractivity contribution is 0.284. The molecule has 0 saturated heterocycles. The van der Waals surface area contributed by atoms with Gasteiger partial charge in [0.15, 0.2) is 11.5 Å². The fraction of sp³-hybridized carbons (Fsp3) is 0.278. The summed E-state index contributed by atoms with van der Waals surface area (Å²) in [5, 5.41) is 9.21. The van der Waals surface area contributed by atoms with Crippen LogP contribution in [0, 0.1) is 11.3 Å². The van der Waals surface area contributed by atoms with Gasteiger partial charge in [-0.25, -0.2) is 0 Å². The lowest BCUT2D eigenvalue weighted by atomic mass is 9.86. The van der Waals surface area contributed by atoms with Crippen LogP contribution in [-0.2, 0) is 12.0 Å². The summed E-state index contributed by atoms with van der Waals surface area (Å²) in [5.41, 5.74) is 1.46. The molecule has 0 aliphatic carbocycles. The second kappa shape index (κ2) is 6.32. The molecule has 0 unspecified atom stereocenters. The molecule has 21 heavy (non-hydrogen) atoms. The normalized spacial score (nSPS) is 10.8. The third-order valence-electron chi connectivity index (χ3n) is 3.40. The van der Waals surface area contributed by atoms with Gasteiger partial charge in [0.2, 0.25) is 0 Å². The number of methoxy groups -OCH3 is 1. The summed E-state index contributed by atoms with van der Waals surface area (Å²) in [7, 11) is 1.61. The van der Waals surface area contributed by atoms with E-state index in [9.17, 15) is 5.26 Å². The molecule has 0 N–H and O–H groups in total. The van der Waals surface area contributed by atoms with Gasteiger partial charge in [-0.3, -0.25) is 0 Å². The number of rotatable bonds is 5. The molecule has 3 nitrogen and oxygen atoms in total. The average Bonchev–Trinajstić information content (AvgIpc) is 2.53. The molecule has 0 aliphatic rings. The van der Waals surface area contributed by atoms with Gasteiger partial charge in [0, 0.05) is 0 Å². The van der Waals surface area contributed by atoms with Crippen LogP contribution in [0.3, 0.4) is 0 Å². The molecule has 2 rings (SSSR count). The molecule has 0 radical (unpaired) electrons. The molecule has 0 bridgehead atoms. The van der Waals surface area contributed by atoms with Gasteiger partial charge in [-0.05, 0) is 37.1 Å². The van der Waals surface area contributed by atoms with E-state index in [1.807, 2.05) is 62.4 Å². The predicted molar refractivity (Wildman–Crippen MR) is 82.4 cm³/mol. The Kier molecular flexibility index (Phi) is 4.49. The van der Waals surface area contributed by atoms with Crippen LogP contribution in [0.5, 0.6) is 11.5 Å². The Balaban J connectivity index is 2.19. The summed E-state index contributed by atoms with van der Waals surface area (Å²) in [6.07, 6.45) is 0. The summed E-state index contributed by atoms with van der Waals surface area (Å²) in [6.45, 7) is 4.25. The minimum atomic E-state index is -0.550. The zero-order chi connectivity index (χ0) is 15.3. The smallest absolute Gasteiger partial charge is 0.161 e. The van der Waals surface area contributed by atoms with E-state index in [-0.39, 0.29) is 0 Å². The van der Waals surface area contributed by atoms with E-state index >= 15 is 0 Å². The van der Waals surface area contributed by atoms with Crippen LogP contribution in [0.15, 0.2) is 48.5 Å². The van der Waals surface area contributed by atoms with E-state index in [0.29, 0.717) is 18.1 Å². The van der Waals surface area contributed by atoms with E-state index < -0.39 is 5.41 Å². The van der Waals surface area contributed by atoms with Crippen molar-refractivity contribution in [2.24, 2.45) is 0 Å². The highest BCUT2D eigenvalue weighted by molar-refractivity contribution is 5.46. The molecule has 0 aliphatic heterocycles. The number of ether oxygens (including phenoxy) is 2. The van der Waals surface area contributed by atoms with E-state index in [0.717, 1.165) is 11.1 Å². The maximum atomic E-state index is 9.21. The van der Waals surface area contributed by atoms with Crippen LogP contribution in [0.25, 0.3) is 0 Å². The topological polar surface area (TPSA) is 42.2 Å². The Hall–Kier alpha value is -2.47. The fourth-order valence-electron chi connectivity index (χ4n) is 1.98. The zero-order valence-corrected chi connectivity index (χ0v) is 12.6. The van der Waals surface area contributed by atoms with E-state index in [2.05, 4.69) is 6.07 Å². The minimum absolute atomic E-state index is 0.484. The summed E-state index contributed by atoms with van der Waals surface area (Å²) >= 11 is 0. The molecule has 2 aromatic carbocycles. The molecular formula is C18H19NO2. The number of nitriles is 1. The Labute approximate surface area is 125 Å². The molecule has 2 aromatic rings. The van der Waals surface area contributed by atoms with Crippen LogP contribution >= 0.6 is 0 Å². The first-order valence-electron chi connectivity index (χ1n) is 6.83. The molecular weight excluding hydrogens is 262 g/mol. The predicted octanol–water partition coefficient (Wildman–Crippen LogP) is 4.08. The van der Waals surface area contributed by atoms with Gasteiger partial charge in [0.25, 0.3) is 0 Å². The Morgan fingerprint density at radius 1 is 1.05 bits per heavy atom. The molecule has 0 aromatic heterocycles. The van der Waals surface area contributed by atoms with Crippen LogP contribution in [0.2, 0.25) is 0 Å². The van der Waals surface area contributed by atoms with Crippen LogP contribution < -0.4 is 9.47 Å². The molecule has 0 fully saturated rings. The Morgan fingerprint density at radius 2 is 1.76 bits per heavy atom. The quantitative estimate of drug-likeness (QED) is 0.829. The molecule has 0 spiro atoms. The van der Waals surface area contributed by atoms with Crippen LogP contribution in [0.1, 0.15) is 25.0 Å². The molecule has 0 saturated carbocycles. The SMILES string of the molecule is COc1cc(C(C)(C)C#N)ccc1OCc1ccccc1. The standard InChI is InChI=1S/C18H19NO2/c1-18(2,13-19)15-9-10-16(17(11-15)20-3)21-12-14-7-5-4-6-8-14/h4-11H,12H2,1-3H3. The highest BCUT2D eigenvalue weighted by Gasteiger charge is 2.21. The van der Waals surface area contributed by atoms with Crippen molar-refractivity contribution in [3.8, 4) is 17.6 Å². The highest BCUT2D eigenvalue weighted by Crippen LogP contribution is 2.33. The van der Waals surface area contributed by atoms with E-state index in [1.165, 1.54) is 0 Å². The molecule has 108 valence electrons. The van der Waals surface area contributed by atoms with Crippen LogP contribution in [-0.4, -0.2) is 7.11 Å². The van der Waals surface area contributed by atoms with Gasteiger partial charge >= 0.3 is 0 Å². The van der Waals surface area contributed by atoms with Crippen molar-refractivity contribution in [2.75, 3.05) is 7.11 Å². The van der Waals surface area contributed by atoms with Crippen molar-refractivity contribution < 1.29 is 9.47 Å². The third kappa shape index (κ3) is 3.55. The number of nitrogens with zero attached hydrogens (tertiary/aromatic N) is 1. The summed E-state index contributed by atoms with van der Waals surface area (Å²) in [4.78, 5) is 0. The Bertz CT molecular complexity index is 642. The molecule has 0 atom stereocenters. The van der Waals surface area contributed by atoms with Crippen molar-refractivity contribution >= 4 is 0 Å². The van der Waals surface area contributed by atoms with E-state index in [1.54, 1.807) is 7.11 Å². The van der Waals surface area contributed by atoms with Gasteiger partial charge in [-0.2, -0.15) is 5.26 Å². The maximum absolute atomic E-state index is 9.21. The number of hydrogen-bond acceptors (Lipinski definition) is 3. The second-order valence-corrected chi connectivity index (χ2v) is 5.38. The fourth-order valence-corrected chi connectivity index (χ4v) is 1.98. The van der Waals surface area contributed by atoms with Crippen molar-refractivity contribution in [1.82, 2.24) is 0 Å². The second-order valence-electron chi connectivity index (χ2n) is 5.38. The molecule has 0 amide bonds. The molecule has 0 heterocycles. The highest BCUT2D eigenvalue weighted by atomic mass is 16.5. The van der Waals surface area contributed by atoms with E-state index in [4.69, 9.17) is 9.47 Å². The lowest BCUT2D eigenvalue weighted by Gasteiger charge is -2.18. The van der Waals surface area contributed by atoms with Crippen molar-refractivity contribution in [3.05, 3.63) is 59.7 Å². The van der Waals surface area contributed by atoms with Crippen LogP contribution in [0.4, 0.5) is 0 Å². The van der Waals surface area contributed by atoms with Crippen molar-refractivity contribution in [3.63, 3.8) is 0 Å². The number of benzene rings is 2. The molecule has 3 heteroatoms. The van der Waals surface area contributed by atoms with Gasteiger partial charge in [0.05, 0.1) is 18.6 Å². The summed E-state index contributed by atoms with van der Waals surface area (Å²) in [6, 6.07) is 17.9. The van der Waals surface area contributed by atoms with Gasteiger partial charge in [-0.1, -0.05) is 36.4 Å². The third-order valence-corrected chi connectivity index (χ3v) is 3.40. The first-order valence-corrected chi connectivity index (χ1v) is 6.83. The van der Waals surface area contributed by atoms with Crippen molar-refractivity contribution in [1.29, 1.82) is 5.26 Å². The minimum Gasteiger partial charge on any atom is -0.493 e. The largest absolute Gasteiger partial charge is 0.493 e. The first kappa shape index (κ1) is 14.9. The maximum Gasteiger partial charge on any atom is 0.161 e. The van der Waals surface area contributed by atoms with Crippen molar-refractivity contribution in [2.45, 2.75) is 25.9 Å². The Morgan fingerprint density at radius 3 is 2.38 bits per heavy atom. The van der Waals surface area contributed by atoms with Gasteiger partial charge in [-0.15, -0.1) is 0 Å². The summed E-state index contributed by atoms with van der Waals surface area (Å²) in [5.74, 6) is 1.32. The lowest BCUT2D eigenvalue weighted by Crippen LogP contribution is -2.14. The number of hydrogen-bond donors (Lipinski definition) is 0. The van der Waals surface area contributed by atoms with Gasteiger partial charge < -0.3 is 9.47 Å². The van der Waals surface area contributed by atoms with Gasteiger partial charge in [0.1, 0.15) is 6.61 Å². The zero-order valence-electron chi connectivity index (χ0n) is 12.6. The average molecular weight is 281 g/mol. The monoisotopic (exact) mass is 281 g/mol. The summed E-state index contributed by atoms with van der Waals surface area (Å²) < 4.78 is 11.2. The first-order chi connectivity index (χ1) is 10.1.